The molecule has 19 heavy (non-hydrogen) atoms. The number of anilines is 1. The average Bonchev–Trinajstić information content (AvgIpc) is 2.41. The van der Waals surface area contributed by atoms with Crippen LogP contribution in [0, 0.1) is 3.57 Å². The van der Waals surface area contributed by atoms with E-state index in [0.717, 1.165) is 14.7 Å². The van der Waals surface area contributed by atoms with Crippen molar-refractivity contribution in [1.29, 1.82) is 0 Å². The van der Waals surface area contributed by atoms with Gasteiger partial charge in [-0.3, -0.25) is 4.79 Å². The summed E-state index contributed by atoms with van der Waals surface area (Å²) in [5, 5.41) is 0. The summed E-state index contributed by atoms with van der Waals surface area (Å²) >= 11 is 2.24. The van der Waals surface area contributed by atoms with E-state index in [0.29, 0.717) is 12.3 Å². The first kappa shape index (κ1) is 13.9. The van der Waals surface area contributed by atoms with Crippen molar-refractivity contribution in [2.45, 2.75) is 13.0 Å². The number of benzene rings is 2. The molecule has 0 aliphatic heterocycles. The maximum Gasteiger partial charge on any atom is 0.310 e. The van der Waals surface area contributed by atoms with Gasteiger partial charge in [-0.1, -0.05) is 30.3 Å². The average molecular weight is 367 g/mol. The second kappa shape index (κ2) is 6.56. The predicted octanol–water partition coefficient (Wildman–Crippen LogP) is 3.16. The molecule has 2 N–H and O–H groups in total. The van der Waals surface area contributed by atoms with Crippen LogP contribution >= 0.6 is 22.6 Å². The quantitative estimate of drug-likeness (QED) is 0.513. The van der Waals surface area contributed by atoms with Gasteiger partial charge in [0.05, 0.1) is 6.42 Å². The Kier molecular flexibility index (Phi) is 4.79. The van der Waals surface area contributed by atoms with E-state index in [1.54, 1.807) is 6.07 Å². The highest BCUT2D eigenvalue weighted by molar-refractivity contribution is 14.1. The van der Waals surface area contributed by atoms with Gasteiger partial charge in [0.2, 0.25) is 0 Å². The zero-order chi connectivity index (χ0) is 13.7. The fourth-order valence-corrected chi connectivity index (χ4v) is 2.01. The molecular weight excluding hydrogens is 353 g/mol. The number of halogens is 1. The van der Waals surface area contributed by atoms with Crippen molar-refractivity contribution in [3.05, 3.63) is 63.2 Å². The number of hydrogen-bond donors (Lipinski definition) is 1. The zero-order valence-corrected chi connectivity index (χ0v) is 12.5. The van der Waals surface area contributed by atoms with Crippen LogP contribution in [0.25, 0.3) is 0 Å². The summed E-state index contributed by atoms with van der Waals surface area (Å²) in [5.41, 5.74) is 8.19. The minimum atomic E-state index is -0.267. The van der Waals surface area contributed by atoms with Gasteiger partial charge in [0.15, 0.2) is 0 Å². The minimum absolute atomic E-state index is 0.205. The maximum absolute atomic E-state index is 11.7. The summed E-state index contributed by atoms with van der Waals surface area (Å²) < 4.78 is 6.39. The highest BCUT2D eigenvalue weighted by Crippen LogP contribution is 2.13. The molecule has 3 nitrogen and oxygen atoms in total. The van der Waals surface area contributed by atoms with Crippen LogP contribution in [0.2, 0.25) is 0 Å². The number of ether oxygens (including phenoxy) is 1. The fourth-order valence-electron chi connectivity index (χ4n) is 1.65. The number of nitrogens with two attached hydrogens (primary N) is 1. The maximum atomic E-state index is 11.7. The minimum Gasteiger partial charge on any atom is -0.461 e. The van der Waals surface area contributed by atoms with Crippen molar-refractivity contribution in [2.75, 3.05) is 5.73 Å². The molecule has 4 heteroatoms. The molecule has 0 saturated heterocycles. The summed E-state index contributed by atoms with van der Waals surface area (Å²) in [6.07, 6.45) is 0.205. The summed E-state index contributed by atoms with van der Waals surface area (Å²) in [6, 6.07) is 15.2. The van der Waals surface area contributed by atoms with Crippen LogP contribution in [-0.2, 0) is 22.6 Å². The molecule has 0 aliphatic rings. The Morgan fingerprint density at radius 1 is 1.11 bits per heavy atom. The normalized spacial score (nSPS) is 10.2. The van der Waals surface area contributed by atoms with Gasteiger partial charge < -0.3 is 10.5 Å². The summed E-state index contributed by atoms with van der Waals surface area (Å²) in [7, 11) is 0. The highest BCUT2D eigenvalue weighted by Gasteiger charge is 2.07. The van der Waals surface area contributed by atoms with E-state index in [-0.39, 0.29) is 12.4 Å². The Balaban J connectivity index is 1.88. The molecule has 0 unspecified atom stereocenters. The van der Waals surface area contributed by atoms with Gasteiger partial charge in [-0.05, 0) is 51.9 Å². The molecule has 0 fully saturated rings. The first-order chi connectivity index (χ1) is 9.15. The lowest BCUT2D eigenvalue weighted by molar-refractivity contribution is -0.144. The van der Waals surface area contributed by atoms with Crippen molar-refractivity contribution < 1.29 is 9.53 Å². The first-order valence-corrected chi connectivity index (χ1v) is 6.96. The summed E-state index contributed by atoms with van der Waals surface area (Å²) in [6.45, 7) is 0.294. The standard InChI is InChI=1S/C15H14INO2/c16-13-7-5-11(6-8-13)10-19-15(18)9-12-3-1-2-4-14(12)17/h1-8H,9-10,17H2. The van der Waals surface area contributed by atoms with Crippen LogP contribution in [-0.4, -0.2) is 5.97 Å². The Morgan fingerprint density at radius 3 is 2.47 bits per heavy atom. The van der Waals surface area contributed by atoms with E-state index in [1.807, 2.05) is 42.5 Å². The number of nitrogen functional groups attached to an aromatic ring is 1. The van der Waals surface area contributed by atoms with Crippen molar-refractivity contribution in [2.24, 2.45) is 0 Å². The molecule has 2 aromatic rings. The molecule has 0 bridgehead atoms. The van der Waals surface area contributed by atoms with Crippen molar-refractivity contribution in [1.82, 2.24) is 0 Å². The van der Waals surface area contributed by atoms with E-state index in [4.69, 9.17) is 10.5 Å². The van der Waals surface area contributed by atoms with Crippen LogP contribution in [0.15, 0.2) is 48.5 Å². The molecule has 0 spiro atoms. The number of carbonyl (C=O) groups excluding carboxylic acids is 1. The van der Waals surface area contributed by atoms with Crippen LogP contribution < -0.4 is 5.73 Å². The van der Waals surface area contributed by atoms with Crippen LogP contribution in [0.5, 0.6) is 0 Å². The molecular formula is C15H14INO2. The van der Waals surface area contributed by atoms with Crippen LogP contribution in [0.1, 0.15) is 11.1 Å². The Hall–Kier alpha value is -1.56. The third-order valence-electron chi connectivity index (χ3n) is 2.70. The molecule has 0 aliphatic carbocycles. The van der Waals surface area contributed by atoms with Crippen molar-refractivity contribution in [3.63, 3.8) is 0 Å². The van der Waals surface area contributed by atoms with Gasteiger partial charge in [0.25, 0.3) is 0 Å². The molecule has 2 aromatic carbocycles. The molecule has 98 valence electrons. The lowest BCUT2D eigenvalue weighted by atomic mass is 10.1. The van der Waals surface area contributed by atoms with Crippen LogP contribution in [0.4, 0.5) is 5.69 Å². The second-order valence-electron chi connectivity index (χ2n) is 4.16. The topological polar surface area (TPSA) is 52.3 Å². The van der Waals surface area contributed by atoms with E-state index >= 15 is 0 Å². The number of rotatable bonds is 4. The van der Waals surface area contributed by atoms with E-state index in [2.05, 4.69) is 22.6 Å². The lowest BCUT2D eigenvalue weighted by Gasteiger charge is -2.07. The van der Waals surface area contributed by atoms with Gasteiger partial charge >= 0.3 is 5.97 Å². The molecule has 0 aromatic heterocycles. The van der Waals surface area contributed by atoms with Gasteiger partial charge in [0, 0.05) is 9.26 Å². The molecule has 0 atom stereocenters. The third-order valence-corrected chi connectivity index (χ3v) is 3.42. The van der Waals surface area contributed by atoms with Crippen LogP contribution in [0.3, 0.4) is 0 Å². The lowest BCUT2D eigenvalue weighted by Crippen LogP contribution is -2.09. The smallest absolute Gasteiger partial charge is 0.310 e. The van der Waals surface area contributed by atoms with Gasteiger partial charge in [-0.25, -0.2) is 0 Å². The van der Waals surface area contributed by atoms with Crippen molar-refractivity contribution in [3.8, 4) is 0 Å². The molecule has 2 rings (SSSR count). The number of esters is 1. The van der Waals surface area contributed by atoms with E-state index in [9.17, 15) is 4.79 Å². The van der Waals surface area contributed by atoms with E-state index < -0.39 is 0 Å². The fraction of sp³-hybridized carbons (Fsp3) is 0.133. The third kappa shape index (κ3) is 4.24. The summed E-state index contributed by atoms with van der Waals surface area (Å²) in [4.78, 5) is 11.7. The molecule has 0 radical (unpaired) electrons. The van der Waals surface area contributed by atoms with Gasteiger partial charge in [0.1, 0.15) is 6.61 Å². The summed E-state index contributed by atoms with van der Waals surface area (Å²) in [5.74, 6) is -0.267. The van der Waals surface area contributed by atoms with Gasteiger partial charge in [-0.2, -0.15) is 0 Å². The number of para-hydroxylation sites is 1. The molecule has 0 heterocycles. The number of hydrogen-bond acceptors (Lipinski definition) is 3. The SMILES string of the molecule is Nc1ccccc1CC(=O)OCc1ccc(I)cc1. The Bertz CT molecular complexity index is 567. The Labute approximate surface area is 125 Å². The van der Waals surface area contributed by atoms with Gasteiger partial charge in [-0.15, -0.1) is 0 Å². The monoisotopic (exact) mass is 367 g/mol. The Morgan fingerprint density at radius 2 is 1.79 bits per heavy atom. The first-order valence-electron chi connectivity index (χ1n) is 5.88. The second-order valence-corrected chi connectivity index (χ2v) is 5.41. The molecule has 0 saturated carbocycles. The molecule has 0 amide bonds. The highest BCUT2D eigenvalue weighted by atomic mass is 127. The zero-order valence-electron chi connectivity index (χ0n) is 10.3. The van der Waals surface area contributed by atoms with Crippen molar-refractivity contribution >= 4 is 34.2 Å². The number of carbonyl (C=O) groups is 1. The largest absolute Gasteiger partial charge is 0.461 e. The predicted molar refractivity (Wildman–Crippen MR) is 83.5 cm³/mol. The van der Waals surface area contributed by atoms with E-state index in [1.165, 1.54) is 0 Å².